The number of allylic oxidation sites excluding steroid dienone is 2. The van der Waals surface area contributed by atoms with Crippen molar-refractivity contribution in [1.82, 2.24) is 0 Å². The van der Waals surface area contributed by atoms with E-state index in [0.717, 1.165) is 5.56 Å². The van der Waals surface area contributed by atoms with Gasteiger partial charge in [0.15, 0.2) is 23.1 Å². The molecule has 0 heterocycles. The highest BCUT2D eigenvalue weighted by Gasteiger charge is 2.43. The van der Waals surface area contributed by atoms with Crippen LogP contribution >= 0.6 is 0 Å². The Morgan fingerprint density at radius 1 is 0.686 bits per heavy atom. The molecule has 6 nitrogen and oxygen atoms in total. The van der Waals surface area contributed by atoms with Crippen molar-refractivity contribution in [2.24, 2.45) is 11.8 Å². The summed E-state index contributed by atoms with van der Waals surface area (Å²) in [5.74, 6) is -1.78. The highest BCUT2D eigenvalue weighted by atomic mass is 16.5. The predicted octanol–water partition coefficient (Wildman–Crippen LogP) is 5.69. The zero-order chi connectivity index (χ0) is 25.4. The van der Waals surface area contributed by atoms with Gasteiger partial charge in [-0.3, -0.25) is 19.2 Å². The highest BCUT2D eigenvalue weighted by molar-refractivity contribution is 6.34. The molecule has 0 aromatic heterocycles. The van der Waals surface area contributed by atoms with Gasteiger partial charge in [0.2, 0.25) is 0 Å². The second kappa shape index (κ2) is 9.45. The molecule has 180 valence electrons. The highest BCUT2D eigenvalue weighted by Crippen LogP contribution is 2.45. The molecule has 0 unspecified atom stereocenters. The van der Waals surface area contributed by atoms with Crippen LogP contribution in [0.1, 0.15) is 77.9 Å². The van der Waals surface area contributed by atoms with Gasteiger partial charge in [0.25, 0.3) is 0 Å². The third-order valence-corrected chi connectivity index (χ3v) is 5.82. The van der Waals surface area contributed by atoms with Gasteiger partial charge in [-0.05, 0) is 24.8 Å². The molecule has 35 heavy (non-hydrogen) atoms. The van der Waals surface area contributed by atoms with Gasteiger partial charge in [-0.2, -0.15) is 0 Å². The number of hydrogen-bond acceptors (Lipinski definition) is 6. The molecule has 2 aromatic carbocycles. The first-order valence-corrected chi connectivity index (χ1v) is 11.8. The third-order valence-electron chi connectivity index (χ3n) is 5.82. The molecule has 0 atom stereocenters. The van der Waals surface area contributed by atoms with Crippen molar-refractivity contribution >= 4 is 35.0 Å². The van der Waals surface area contributed by atoms with E-state index in [-0.39, 0.29) is 58.5 Å². The molecule has 0 saturated carbocycles. The summed E-state index contributed by atoms with van der Waals surface area (Å²) in [5, 5.41) is 0. The van der Waals surface area contributed by atoms with Gasteiger partial charge < -0.3 is 9.47 Å². The van der Waals surface area contributed by atoms with Gasteiger partial charge in [-0.15, -0.1) is 0 Å². The molecule has 6 heteroatoms. The largest absolute Gasteiger partial charge is 0.425 e. The molecular weight excluding hydrogens is 444 g/mol. The molecule has 0 fully saturated rings. The Bertz CT molecular complexity index is 1320. The average molecular weight is 473 g/mol. The molecular formula is C29H28O6. The summed E-state index contributed by atoms with van der Waals surface area (Å²) in [5.41, 5.74) is 2.06. The topological polar surface area (TPSA) is 86.7 Å². The zero-order valence-electron chi connectivity index (χ0n) is 20.6. The summed E-state index contributed by atoms with van der Waals surface area (Å²) in [6.07, 6.45) is 0.290. The van der Waals surface area contributed by atoms with E-state index >= 15 is 0 Å². The summed E-state index contributed by atoms with van der Waals surface area (Å²) in [6.45, 7) is 9.41. The molecule has 2 aliphatic rings. The van der Waals surface area contributed by atoms with E-state index < -0.39 is 23.5 Å². The van der Waals surface area contributed by atoms with Crippen molar-refractivity contribution in [1.29, 1.82) is 0 Å². The lowest BCUT2D eigenvalue weighted by atomic mass is 9.76. The van der Waals surface area contributed by atoms with Crippen molar-refractivity contribution in [2.45, 2.75) is 47.5 Å². The van der Waals surface area contributed by atoms with E-state index in [9.17, 15) is 19.2 Å². The lowest BCUT2D eigenvalue weighted by Crippen LogP contribution is -2.29. The summed E-state index contributed by atoms with van der Waals surface area (Å²) < 4.78 is 11.6. The van der Waals surface area contributed by atoms with E-state index in [2.05, 4.69) is 0 Å². The van der Waals surface area contributed by atoms with Crippen LogP contribution in [0.15, 0.2) is 53.6 Å². The normalized spacial score (nSPS) is 14.7. The Morgan fingerprint density at radius 2 is 1.14 bits per heavy atom. The number of hydrogen-bond donors (Lipinski definition) is 0. The molecule has 0 saturated heterocycles. The molecule has 0 N–H and O–H groups in total. The van der Waals surface area contributed by atoms with Crippen LogP contribution in [0, 0.1) is 18.8 Å². The number of esters is 2. The van der Waals surface area contributed by atoms with Gasteiger partial charge in [0, 0.05) is 35.1 Å². The molecule has 0 aliphatic heterocycles. The Hall–Kier alpha value is -3.80. The first-order valence-electron chi connectivity index (χ1n) is 11.8. The van der Waals surface area contributed by atoms with Gasteiger partial charge in [0.05, 0.1) is 11.1 Å². The van der Waals surface area contributed by atoms with Gasteiger partial charge in [-0.25, -0.2) is 0 Å². The second-order valence-electron chi connectivity index (χ2n) is 9.81. The molecule has 0 bridgehead atoms. The van der Waals surface area contributed by atoms with Crippen molar-refractivity contribution in [2.75, 3.05) is 0 Å². The second-order valence-corrected chi connectivity index (χ2v) is 9.81. The van der Waals surface area contributed by atoms with E-state index in [1.54, 1.807) is 42.5 Å². The van der Waals surface area contributed by atoms with E-state index in [1.807, 2.05) is 34.6 Å². The van der Waals surface area contributed by atoms with E-state index in [4.69, 9.17) is 9.47 Å². The minimum Gasteiger partial charge on any atom is -0.425 e. The van der Waals surface area contributed by atoms with E-state index in [1.165, 1.54) is 0 Å². The molecule has 0 radical (unpaired) electrons. The zero-order valence-corrected chi connectivity index (χ0v) is 20.6. The number of rotatable bonds is 6. The smallest absolute Gasteiger partial charge is 0.311 e. The summed E-state index contributed by atoms with van der Waals surface area (Å²) in [4.78, 5) is 53.0. The third kappa shape index (κ3) is 4.61. The molecule has 4 rings (SSSR count). The number of Topliss-reactive ketones (excluding diaryl/α,β-unsaturated/α-hetero) is 2. The fraction of sp³-hybridized carbons (Fsp3) is 0.310. The first kappa shape index (κ1) is 24.3. The van der Waals surface area contributed by atoms with Crippen LogP contribution in [-0.2, 0) is 19.1 Å². The molecule has 2 aliphatic carbocycles. The Labute approximate surface area is 204 Å². The van der Waals surface area contributed by atoms with Crippen molar-refractivity contribution in [3.8, 4) is 0 Å². The number of carbonyl (C=O) groups is 4. The average Bonchev–Trinajstić information content (AvgIpc) is 2.77. The van der Waals surface area contributed by atoms with Crippen molar-refractivity contribution < 1.29 is 28.7 Å². The van der Waals surface area contributed by atoms with Gasteiger partial charge >= 0.3 is 11.9 Å². The van der Waals surface area contributed by atoms with Crippen LogP contribution in [0.3, 0.4) is 0 Å². The predicted molar refractivity (Wildman–Crippen MR) is 131 cm³/mol. The number of ketones is 2. The molecule has 0 spiro atoms. The fourth-order valence-electron chi connectivity index (χ4n) is 4.31. The lowest BCUT2D eigenvalue weighted by Gasteiger charge is -2.29. The Balaban J connectivity index is 2.02. The van der Waals surface area contributed by atoms with Crippen LogP contribution in [0.25, 0.3) is 11.5 Å². The van der Waals surface area contributed by atoms with Crippen LogP contribution < -0.4 is 0 Å². The van der Waals surface area contributed by atoms with E-state index in [0.29, 0.717) is 11.1 Å². The number of carbonyl (C=O) groups excluding carboxylic acids is 4. The Morgan fingerprint density at radius 3 is 1.66 bits per heavy atom. The fourth-order valence-corrected chi connectivity index (χ4v) is 4.31. The first-order chi connectivity index (χ1) is 16.6. The van der Waals surface area contributed by atoms with Crippen LogP contribution in [0.2, 0.25) is 0 Å². The standard InChI is InChI=1S/C29H28O6/c1-15(2)12-22(30)34-28-20-9-7-6-8-18(20)26(32)25-24(28)27(33)19-11-10-17(5)14-21(19)29(25)35-23(31)13-16(3)4/h6-11,14-16H,12-13H2,1-5H3. The quantitative estimate of drug-likeness (QED) is 0.502. The minimum atomic E-state index is -0.508. The van der Waals surface area contributed by atoms with Crippen molar-refractivity contribution in [3.63, 3.8) is 0 Å². The van der Waals surface area contributed by atoms with Gasteiger partial charge in [-0.1, -0.05) is 69.7 Å². The number of aryl methyl sites for hydroxylation is 1. The van der Waals surface area contributed by atoms with Crippen LogP contribution in [0.5, 0.6) is 0 Å². The van der Waals surface area contributed by atoms with Gasteiger partial charge in [0.1, 0.15) is 0 Å². The Kier molecular flexibility index (Phi) is 6.57. The van der Waals surface area contributed by atoms with Crippen LogP contribution in [-0.4, -0.2) is 23.5 Å². The summed E-state index contributed by atoms with van der Waals surface area (Å²) >= 11 is 0. The van der Waals surface area contributed by atoms with Crippen molar-refractivity contribution in [3.05, 3.63) is 81.4 Å². The molecule has 2 aromatic rings. The lowest BCUT2D eigenvalue weighted by molar-refractivity contribution is -0.138. The maximum absolute atomic E-state index is 13.8. The number of benzene rings is 2. The SMILES string of the molecule is Cc1ccc2c(c1)C(OC(=O)CC(C)C)=C1C(=O)c3ccccc3C(OC(=O)CC(C)C)=C1C2=O. The van der Waals surface area contributed by atoms with Crippen LogP contribution in [0.4, 0.5) is 0 Å². The minimum absolute atomic E-state index is 0.0227. The number of ether oxygens (including phenoxy) is 2. The maximum Gasteiger partial charge on any atom is 0.311 e. The summed E-state index contributed by atoms with van der Waals surface area (Å²) in [7, 11) is 0. The monoisotopic (exact) mass is 472 g/mol. The maximum atomic E-state index is 13.8. The number of fused-ring (bicyclic) bond motifs is 3. The molecule has 0 amide bonds. The summed E-state index contributed by atoms with van der Waals surface area (Å²) in [6, 6.07) is 11.8.